The molecule has 3 nitrogen and oxygen atoms in total. The minimum absolute atomic E-state index is 0.0445. The molecule has 1 aliphatic heterocycles. The molecule has 1 heterocycles. The quantitative estimate of drug-likeness (QED) is 0.925. The van der Waals surface area contributed by atoms with Crippen LogP contribution in [0.3, 0.4) is 0 Å². The van der Waals surface area contributed by atoms with Crippen molar-refractivity contribution in [1.29, 1.82) is 0 Å². The number of carboxylic acids is 1. The Morgan fingerprint density at radius 1 is 1.30 bits per heavy atom. The van der Waals surface area contributed by atoms with Gasteiger partial charge in [0.1, 0.15) is 11.9 Å². The number of aliphatic carboxylic acids is 1. The normalized spacial score (nSPS) is 19.4. The lowest BCUT2D eigenvalue weighted by Crippen LogP contribution is -2.38. The lowest BCUT2D eigenvalue weighted by Gasteiger charge is -2.25. The van der Waals surface area contributed by atoms with Crippen LogP contribution in [0.2, 0.25) is 5.02 Å². The number of ether oxygens (including phenoxy) is 1. The number of allylic oxidation sites excluding steroid dienone is 2. The fraction of sp³-hybridized carbons (Fsp3) is 0.188. The van der Waals surface area contributed by atoms with E-state index in [4.69, 9.17) is 21.4 Å². The first-order valence-electron chi connectivity index (χ1n) is 6.41. The van der Waals surface area contributed by atoms with Crippen molar-refractivity contribution in [2.75, 3.05) is 0 Å². The molecule has 1 atom stereocenters. The first-order valence-corrected chi connectivity index (χ1v) is 6.79. The summed E-state index contributed by atoms with van der Waals surface area (Å²) in [6, 6.07) is 5.65. The van der Waals surface area contributed by atoms with Gasteiger partial charge in [-0.15, -0.1) is 0 Å². The van der Waals surface area contributed by atoms with Gasteiger partial charge in [-0.3, -0.25) is 4.79 Å². The summed E-state index contributed by atoms with van der Waals surface area (Å²) in [6.07, 6.45) is 8.16. The van der Waals surface area contributed by atoms with E-state index in [1.54, 1.807) is 0 Å². The maximum atomic E-state index is 10.8. The Morgan fingerprint density at radius 2 is 2.15 bits per heavy atom. The van der Waals surface area contributed by atoms with Gasteiger partial charge in [0.15, 0.2) is 0 Å². The molecule has 2 aliphatic rings. The van der Waals surface area contributed by atoms with Crippen LogP contribution in [-0.2, 0) is 9.53 Å². The molecule has 4 heteroatoms. The van der Waals surface area contributed by atoms with Gasteiger partial charge in [-0.05, 0) is 23.4 Å². The molecule has 0 radical (unpaired) electrons. The highest BCUT2D eigenvalue weighted by Crippen LogP contribution is 2.23. The third-order valence-corrected chi connectivity index (χ3v) is 3.64. The van der Waals surface area contributed by atoms with Crippen molar-refractivity contribution in [2.45, 2.75) is 18.9 Å². The number of carboxylic acid groups (broad SMARTS) is 1. The summed E-state index contributed by atoms with van der Waals surface area (Å²) in [7, 11) is 0. The van der Waals surface area contributed by atoms with E-state index < -0.39 is 5.97 Å². The third kappa shape index (κ3) is 2.37. The Kier molecular flexibility index (Phi) is 3.36. The van der Waals surface area contributed by atoms with E-state index in [1.165, 1.54) is 0 Å². The zero-order valence-corrected chi connectivity index (χ0v) is 11.4. The molecule has 3 rings (SSSR count). The first kappa shape index (κ1) is 13.0. The van der Waals surface area contributed by atoms with Crippen molar-refractivity contribution in [3.63, 3.8) is 0 Å². The predicted molar refractivity (Wildman–Crippen MR) is 77.5 cm³/mol. The van der Waals surface area contributed by atoms with Crippen LogP contribution in [0.1, 0.15) is 12.8 Å². The SMILES string of the molecule is O=C(O)CCC1=c2cc(Cl)ccc2=C2C=CC=CC2O1. The lowest BCUT2D eigenvalue weighted by molar-refractivity contribution is -0.137. The largest absolute Gasteiger partial charge is 0.485 e. The van der Waals surface area contributed by atoms with Gasteiger partial charge in [0.25, 0.3) is 0 Å². The number of hydrogen-bond acceptors (Lipinski definition) is 2. The highest BCUT2D eigenvalue weighted by molar-refractivity contribution is 6.30. The summed E-state index contributed by atoms with van der Waals surface area (Å²) >= 11 is 6.05. The third-order valence-electron chi connectivity index (χ3n) is 3.41. The van der Waals surface area contributed by atoms with Crippen molar-refractivity contribution in [1.82, 2.24) is 0 Å². The fourth-order valence-electron chi connectivity index (χ4n) is 2.50. The Morgan fingerprint density at radius 3 is 2.95 bits per heavy atom. The summed E-state index contributed by atoms with van der Waals surface area (Å²) < 4.78 is 5.94. The van der Waals surface area contributed by atoms with Crippen molar-refractivity contribution in [3.8, 4) is 0 Å². The van der Waals surface area contributed by atoms with Crippen LogP contribution in [0.4, 0.5) is 0 Å². The second kappa shape index (κ2) is 5.17. The average Bonchev–Trinajstić information content (AvgIpc) is 2.44. The van der Waals surface area contributed by atoms with Crippen LogP contribution in [-0.4, -0.2) is 17.2 Å². The number of fused-ring (bicyclic) bond motifs is 2. The van der Waals surface area contributed by atoms with Gasteiger partial charge in [-0.25, -0.2) is 0 Å². The number of carbonyl (C=O) groups is 1. The summed E-state index contributed by atoms with van der Waals surface area (Å²) in [5.41, 5.74) is 1.08. The smallest absolute Gasteiger partial charge is 0.303 e. The predicted octanol–water partition coefficient (Wildman–Crippen LogP) is 1.99. The summed E-state index contributed by atoms with van der Waals surface area (Å²) in [4.78, 5) is 10.8. The molecule has 0 fully saturated rings. The van der Waals surface area contributed by atoms with E-state index in [9.17, 15) is 4.79 Å². The lowest BCUT2D eigenvalue weighted by atomic mass is 9.97. The van der Waals surface area contributed by atoms with Crippen molar-refractivity contribution >= 4 is 28.9 Å². The van der Waals surface area contributed by atoms with Crippen molar-refractivity contribution in [3.05, 3.63) is 58.0 Å². The van der Waals surface area contributed by atoms with Gasteiger partial charge < -0.3 is 9.84 Å². The molecule has 1 unspecified atom stereocenters. The molecule has 0 saturated heterocycles. The van der Waals surface area contributed by atoms with E-state index in [0.717, 1.165) is 16.0 Å². The zero-order chi connectivity index (χ0) is 14.1. The topological polar surface area (TPSA) is 46.5 Å². The van der Waals surface area contributed by atoms with Gasteiger partial charge in [0.05, 0.1) is 6.42 Å². The van der Waals surface area contributed by atoms with Crippen molar-refractivity contribution < 1.29 is 14.6 Å². The highest BCUT2D eigenvalue weighted by Gasteiger charge is 2.21. The van der Waals surface area contributed by atoms with E-state index in [2.05, 4.69) is 0 Å². The highest BCUT2D eigenvalue weighted by atomic mass is 35.5. The Labute approximate surface area is 121 Å². The molecule has 0 spiro atoms. The Hall–Kier alpha value is -2.00. The Bertz CT molecular complexity index is 743. The number of halogens is 1. The van der Waals surface area contributed by atoms with Gasteiger partial charge in [-0.1, -0.05) is 35.9 Å². The molecule has 0 bridgehead atoms. The van der Waals surface area contributed by atoms with E-state index in [0.29, 0.717) is 17.2 Å². The average molecular weight is 289 g/mol. The van der Waals surface area contributed by atoms with Gasteiger partial charge in [-0.2, -0.15) is 0 Å². The van der Waals surface area contributed by atoms with Crippen LogP contribution in [0, 0.1) is 0 Å². The van der Waals surface area contributed by atoms with Gasteiger partial charge in [0, 0.05) is 22.2 Å². The van der Waals surface area contributed by atoms with Crippen molar-refractivity contribution in [2.24, 2.45) is 0 Å². The van der Waals surface area contributed by atoms with Crippen LogP contribution in [0.15, 0.2) is 42.5 Å². The minimum Gasteiger partial charge on any atom is -0.485 e. The molecule has 1 N–H and O–H groups in total. The van der Waals surface area contributed by atoms with Gasteiger partial charge >= 0.3 is 5.97 Å². The molecule has 1 aliphatic carbocycles. The van der Waals surface area contributed by atoms with Gasteiger partial charge in [0.2, 0.25) is 0 Å². The maximum absolute atomic E-state index is 10.8. The summed E-state index contributed by atoms with van der Waals surface area (Å²) in [5, 5.41) is 11.4. The van der Waals surface area contributed by atoms with Crippen LogP contribution in [0.25, 0.3) is 11.3 Å². The van der Waals surface area contributed by atoms with Crippen LogP contribution in [0.5, 0.6) is 0 Å². The van der Waals surface area contributed by atoms with Crippen LogP contribution >= 0.6 is 11.6 Å². The molecule has 102 valence electrons. The van der Waals surface area contributed by atoms with E-state index >= 15 is 0 Å². The molecule has 0 aromatic heterocycles. The standard InChI is InChI=1S/C16H13ClO3/c17-10-5-6-11-12-3-1-2-4-14(12)20-15(13(11)9-10)7-8-16(18)19/h1-6,9,14H,7-8H2,(H,18,19). The molecule has 0 amide bonds. The maximum Gasteiger partial charge on any atom is 0.303 e. The van der Waals surface area contributed by atoms with E-state index in [1.807, 2.05) is 42.5 Å². The molecule has 1 aromatic carbocycles. The molecule has 0 saturated carbocycles. The molecular weight excluding hydrogens is 276 g/mol. The molecular formula is C16H13ClO3. The van der Waals surface area contributed by atoms with Crippen LogP contribution < -0.4 is 10.4 Å². The fourth-order valence-corrected chi connectivity index (χ4v) is 2.67. The second-order valence-electron chi connectivity index (χ2n) is 4.74. The Balaban J connectivity index is 2.20. The van der Waals surface area contributed by atoms with E-state index in [-0.39, 0.29) is 12.5 Å². The number of hydrogen-bond donors (Lipinski definition) is 1. The first-order chi connectivity index (χ1) is 9.65. The molecule has 1 aromatic rings. The minimum atomic E-state index is -0.835. The number of rotatable bonds is 3. The second-order valence-corrected chi connectivity index (χ2v) is 5.18. The summed E-state index contributed by atoms with van der Waals surface area (Å²) in [6.45, 7) is 0. The summed E-state index contributed by atoms with van der Waals surface area (Å²) in [5.74, 6) is -0.142. The molecule has 20 heavy (non-hydrogen) atoms. The monoisotopic (exact) mass is 288 g/mol. The number of benzene rings is 1. The zero-order valence-electron chi connectivity index (χ0n) is 10.7.